The van der Waals surface area contributed by atoms with Crippen LogP contribution >= 0.6 is 11.6 Å². The molecule has 0 amide bonds. The maximum atomic E-state index is 12.5. The molecule has 1 nitrogen and oxygen atoms in total. The van der Waals surface area contributed by atoms with Gasteiger partial charge in [-0.2, -0.15) is 4.39 Å². The first-order valence-electron chi connectivity index (χ1n) is 3.05. The molecule has 0 bridgehead atoms. The zero-order valence-electron chi connectivity index (χ0n) is 5.11. The van der Waals surface area contributed by atoms with Crippen LogP contribution < -0.4 is 0 Å². The molecule has 1 saturated heterocycles. The van der Waals surface area contributed by atoms with E-state index in [4.69, 9.17) is 11.6 Å². The van der Waals surface area contributed by atoms with Crippen LogP contribution in [-0.2, 0) is 0 Å². The number of hydrogen-bond donors (Lipinski definition) is 0. The van der Waals surface area contributed by atoms with E-state index in [1.807, 2.05) is 0 Å². The van der Waals surface area contributed by atoms with Gasteiger partial charge in [0.1, 0.15) is 0 Å². The Morgan fingerprint density at radius 2 is 2.00 bits per heavy atom. The highest BCUT2D eigenvalue weighted by atomic mass is 35.5. The van der Waals surface area contributed by atoms with Gasteiger partial charge in [0.15, 0.2) is 0 Å². The summed E-state index contributed by atoms with van der Waals surface area (Å²) in [5, 5.41) is 0. The molecule has 0 aromatic rings. The molecule has 0 spiro atoms. The Hall–Kier alpha value is -0.240. The van der Waals surface area contributed by atoms with E-state index in [1.165, 1.54) is 0 Å². The largest absolute Gasteiger partial charge is 0.348 e. The third kappa shape index (κ3) is 1.58. The van der Waals surface area contributed by atoms with Gasteiger partial charge < -0.3 is 4.90 Å². The summed E-state index contributed by atoms with van der Waals surface area (Å²) >= 11 is 5.15. The third-order valence-corrected chi connectivity index (χ3v) is 1.68. The summed E-state index contributed by atoms with van der Waals surface area (Å²) in [4.78, 5) is 1.65. The average molecular weight is 150 g/mol. The molecule has 0 aromatic heterocycles. The van der Waals surface area contributed by atoms with Crippen molar-refractivity contribution >= 4 is 11.6 Å². The van der Waals surface area contributed by atoms with Gasteiger partial charge in [-0.25, -0.2) is 0 Å². The molecule has 0 saturated carbocycles. The SMILES string of the molecule is F/C(=C\Cl)N1CCCC1. The Bertz CT molecular complexity index is 118. The summed E-state index contributed by atoms with van der Waals surface area (Å²) in [6.45, 7) is 1.63. The van der Waals surface area contributed by atoms with Crippen LogP contribution in [0.4, 0.5) is 4.39 Å². The quantitative estimate of drug-likeness (QED) is 0.516. The Kier molecular flexibility index (Phi) is 2.34. The molecule has 1 aliphatic rings. The van der Waals surface area contributed by atoms with Crippen LogP contribution in [0.25, 0.3) is 0 Å². The van der Waals surface area contributed by atoms with Gasteiger partial charge in [-0.15, -0.1) is 0 Å². The Morgan fingerprint density at radius 3 is 2.44 bits per heavy atom. The molecule has 1 aliphatic heterocycles. The monoisotopic (exact) mass is 149 g/mol. The highest BCUT2D eigenvalue weighted by Gasteiger charge is 2.13. The van der Waals surface area contributed by atoms with Gasteiger partial charge in [0.2, 0.25) is 5.95 Å². The van der Waals surface area contributed by atoms with Gasteiger partial charge in [0, 0.05) is 13.1 Å². The number of rotatable bonds is 1. The second kappa shape index (κ2) is 3.06. The van der Waals surface area contributed by atoms with Gasteiger partial charge in [-0.1, -0.05) is 11.6 Å². The molecule has 0 radical (unpaired) electrons. The van der Waals surface area contributed by atoms with Crippen molar-refractivity contribution in [2.24, 2.45) is 0 Å². The first kappa shape index (κ1) is 6.87. The van der Waals surface area contributed by atoms with E-state index in [2.05, 4.69) is 0 Å². The zero-order valence-corrected chi connectivity index (χ0v) is 5.86. The van der Waals surface area contributed by atoms with Crippen LogP contribution in [0.5, 0.6) is 0 Å². The normalized spacial score (nSPS) is 21.1. The van der Waals surface area contributed by atoms with Crippen molar-refractivity contribution in [2.75, 3.05) is 13.1 Å². The van der Waals surface area contributed by atoms with Crippen molar-refractivity contribution in [3.8, 4) is 0 Å². The Balaban J connectivity index is 2.42. The lowest BCUT2D eigenvalue weighted by molar-refractivity contribution is 0.324. The lowest BCUT2D eigenvalue weighted by Gasteiger charge is -2.12. The van der Waals surface area contributed by atoms with Crippen molar-refractivity contribution in [2.45, 2.75) is 12.8 Å². The van der Waals surface area contributed by atoms with Gasteiger partial charge in [0.05, 0.1) is 5.54 Å². The molecule has 0 unspecified atom stereocenters. The second-order valence-electron chi connectivity index (χ2n) is 2.13. The van der Waals surface area contributed by atoms with Crippen LogP contribution in [0.15, 0.2) is 11.5 Å². The van der Waals surface area contributed by atoms with Gasteiger partial charge in [0.25, 0.3) is 0 Å². The Morgan fingerprint density at radius 1 is 1.44 bits per heavy atom. The molecule has 1 heterocycles. The molecule has 0 N–H and O–H groups in total. The lowest BCUT2D eigenvalue weighted by Crippen LogP contribution is -2.14. The molecule has 1 fully saturated rings. The zero-order chi connectivity index (χ0) is 6.69. The molecule has 0 aromatic carbocycles. The Labute approximate surface area is 59.1 Å². The molecular formula is C6H9ClFN. The lowest BCUT2D eigenvalue weighted by atomic mass is 10.4. The van der Waals surface area contributed by atoms with E-state index < -0.39 is 0 Å². The predicted octanol–water partition coefficient (Wildman–Crippen LogP) is 2.09. The first-order chi connectivity index (χ1) is 4.34. The van der Waals surface area contributed by atoms with Crippen molar-refractivity contribution in [1.82, 2.24) is 4.90 Å². The average Bonchev–Trinajstić information content (AvgIpc) is 2.37. The molecular weight excluding hydrogens is 141 g/mol. The summed E-state index contributed by atoms with van der Waals surface area (Å²) in [6, 6.07) is 0. The van der Waals surface area contributed by atoms with E-state index in [1.54, 1.807) is 4.90 Å². The van der Waals surface area contributed by atoms with E-state index in [0.29, 0.717) is 0 Å². The minimum atomic E-state index is -0.297. The van der Waals surface area contributed by atoms with Crippen molar-refractivity contribution in [1.29, 1.82) is 0 Å². The van der Waals surface area contributed by atoms with Crippen LogP contribution in [0.3, 0.4) is 0 Å². The molecule has 0 atom stereocenters. The smallest absolute Gasteiger partial charge is 0.201 e. The summed E-state index contributed by atoms with van der Waals surface area (Å²) in [6.07, 6.45) is 2.16. The standard InChI is InChI=1S/C6H9ClFN/c7-5-6(8)9-3-1-2-4-9/h5H,1-4H2/b6-5+. The van der Waals surface area contributed by atoms with Gasteiger partial charge in [-0.05, 0) is 12.8 Å². The minimum absolute atomic E-state index is 0.297. The highest BCUT2D eigenvalue weighted by Crippen LogP contribution is 2.15. The summed E-state index contributed by atoms with van der Waals surface area (Å²) in [7, 11) is 0. The number of halogens is 2. The van der Waals surface area contributed by atoms with E-state index in [0.717, 1.165) is 31.5 Å². The second-order valence-corrected chi connectivity index (χ2v) is 2.34. The van der Waals surface area contributed by atoms with Crippen molar-refractivity contribution < 1.29 is 4.39 Å². The summed E-state index contributed by atoms with van der Waals surface area (Å²) < 4.78 is 12.5. The van der Waals surface area contributed by atoms with Crippen LogP contribution in [0.2, 0.25) is 0 Å². The predicted molar refractivity (Wildman–Crippen MR) is 35.9 cm³/mol. The van der Waals surface area contributed by atoms with E-state index >= 15 is 0 Å². The topological polar surface area (TPSA) is 3.24 Å². The molecule has 52 valence electrons. The number of hydrogen-bond acceptors (Lipinski definition) is 1. The molecule has 0 aliphatic carbocycles. The highest BCUT2D eigenvalue weighted by molar-refractivity contribution is 6.25. The molecule has 3 heteroatoms. The van der Waals surface area contributed by atoms with Gasteiger partial charge >= 0.3 is 0 Å². The van der Waals surface area contributed by atoms with Crippen molar-refractivity contribution in [3.63, 3.8) is 0 Å². The van der Waals surface area contributed by atoms with E-state index in [9.17, 15) is 4.39 Å². The fraction of sp³-hybridized carbons (Fsp3) is 0.667. The third-order valence-electron chi connectivity index (χ3n) is 1.50. The van der Waals surface area contributed by atoms with Gasteiger partial charge in [-0.3, -0.25) is 0 Å². The fourth-order valence-corrected chi connectivity index (χ4v) is 1.14. The summed E-state index contributed by atoms with van der Waals surface area (Å²) in [5.74, 6) is -0.297. The van der Waals surface area contributed by atoms with E-state index in [-0.39, 0.29) is 5.95 Å². The fourth-order valence-electron chi connectivity index (χ4n) is 1.000. The van der Waals surface area contributed by atoms with Crippen molar-refractivity contribution in [3.05, 3.63) is 11.5 Å². The maximum absolute atomic E-state index is 12.5. The maximum Gasteiger partial charge on any atom is 0.201 e. The molecule has 9 heavy (non-hydrogen) atoms. The number of nitrogens with zero attached hydrogens (tertiary/aromatic N) is 1. The minimum Gasteiger partial charge on any atom is -0.348 e. The summed E-state index contributed by atoms with van der Waals surface area (Å²) in [5.41, 5.74) is 0.991. The van der Waals surface area contributed by atoms with Crippen LogP contribution in [-0.4, -0.2) is 18.0 Å². The number of likely N-dealkylation sites (tertiary alicyclic amines) is 1. The van der Waals surface area contributed by atoms with Crippen LogP contribution in [0, 0.1) is 0 Å². The molecule has 1 rings (SSSR count). The van der Waals surface area contributed by atoms with Crippen LogP contribution in [0.1, 0.15) is 12.8 Å². The first-order valence-corrected chi connectivity index (χ1v) is 3.49.